The minimum atomic E-state index is -0.185. The average Bonchev–Trinajstić information content (AvgIpc) is 3.20. The van der Waals surface area contributed by atoms with E-state index in [2.05, 4.69) is 29.4 Å². The number of amides is 1. The van der Waals surface area contributed by atoms with Crippen molar-refractivity contribution in [1.82, 2.24) is 5.32 Å². The lowest BCUT2D eigenvalue weighted by atomic mass is 10.1. The largest absolute Gasteiger partial charge is 0.494 e. The van der Waals surface area contributed by atoms with Gasteiger partial charge in [-0.1, -0.05) is 24.9 Å². The van der Waals surface area contributed by atoms with Crippen LogP contribution in [-0.2, 0) is 0 Å². The van der Waals surface area contributed by atoms with Gasteiger partial charge in [-0.2, -0.15) is 0 Å². The van der Waals surface area contributed by atoms with Crippen LogP contribution in [-0.4, -0.2) is 38.7 Å². The summed E-state index contributed by atoms with van der Waals surface area (Å²) in [6.07, 6.45) is 3.22. The number of hydrogen-bond donors (Lipinski definition) is 2. The lowest BCUT2D eigenvalue weighted by Crippen LogP contribution is -2.29. The summed E-state index contributed by atoms with van der Waals surface area (Å²) in [5, 5.41) is 6.81. The van der Waals surface area contributed by atoms with Crippen molar-refractivity contribution >= 4 is 28.9 Å². The van der Waals surface area contributed by atoms with Crippen LogP contribution in [0.3, 0.4) is 0 Å². The third-order valence-corrected chi connectivity index (χ3v) is 5.67. The summed E-state index contributed by atoms with van der Waals surface area (Å²) in [5.41, 5.74) is 3.42. The number of halogens is 1. The summed E-state index contributed by atoms with van der Waals surface area (Å²) in [6, 6.07) is 11.6. The standard InChI is InChI=1S/C23H30ClN3O2/c1-4-5-12-29-19-8-6-17(7-9-19)23(28)26-21-13-16(2)22(14-20(21)24)27-11-10-18(15-27)25-3/h6-9,13-14,18,25H,4-5,10-12,15H2,1-3H3,(H,26,28). The fourth-order valence-corrected chi connectivity index (χ4v) is 3.76. The van der Waals surface area contributed by atoms with E-state index in [1.165, 1.54) is 0 Å². The highest BCUT2D eigenvalue weighted by Crippen LogP contribution is 2.33. The van der Waals surface area contributed by atoms with Crippen molar-refractivity contribution in [1.29, 1.82) is 0 Å². The molecule has 0 spiro atoms. The zero-order chi connectivity index (χ0) is 20.8. The minimum Gasteiger partial charge on any atom is -0.494 e. The Balaban J connectivity index is 1.66. The quantitative estimate of drug-likeness (QED) is 0.603. The van der Waals surface area contributed by atoms with Crippen molar-refractivity contribution in [2.75, 3.05) is 37.0 Å². The fraction of sp³-hybridized carbons (Fsp3) is 0.435. The summed E-state index contributed by atoms with van der Waals surface area (Å²) in [4.78, 5) is 15.0. The van der Waals surface area contributed by atoms with Crippen molar-refractivity contribution < 1.29 is 9.53 Å². The molecule has 6 heteroatoms. The molecule has 3 rings (SSSR count). The van der Waals surface area contributed by atoms with Gasteiger partial charge in [0, 0.05) is 30.4 Å². The Kier molecular flexibility index (Phi) is 7.40. The van der Waals surface area contributed by atoms with Crippen LogP contribution >= 0.6 is 11.6 Å². The number of nitrogens with zero attached hydrogens (tertiary/aromatic N) is 1. The van der Waals surface area contributed by atoms with Gasteiger partial charge in [0.05, 0.1) is 17.3 Å². The van der Waals surface area contributed by atoms with E-state index in [1.54, 1.807) is 12.1 Å². The summed E-state index contributed by atoms with van der Waals surface area (Å²) < 4.78 is 5.65. The number of unbranched alkanes of at least 4 members (excludes halogenated alkanes) is 1. The third kappa shape index (κ3) is 5.43. The number of likely N-dealkylation sites (N-methyl/N-ethyl adjacent to an activating group) is 1. The molecule has 1 aliphatic heterocycles. The number of rotatable bonds is 8. The smallest absolute Gasteiger partial charge is 0.255 e. The van der Waals surface area contributed by atoms with Crippen LogP contribution in [0.1, 0.15) is 42.1 Å². The lowest BCUT2D eigenvalue weighted by molar-refractivity contribution is 0.102. The molecule has 1 amide bonds. The Labute approximate surface area is 178 Å². The first-order chi connectivity index (χ1) is 14.0. The molecule has 1 aliphatic rings. The molecule has 5 nitrogen and oxygen atoms in total. The Bertz CT molecular complexity index is 839. The number of hydrogen-bond acceptors (Lipinski definition) is 4. The van der Waals surface area contributed by atoms with E-state index >= 15 is 0 Å². The molecule has 1 saturated heterocycles. The van der Waals surface area contributed by atoms with Gasteiger partial charge in [-0.25, -0.2) is 0 Å². The highest BCUT2D eigenvalue weighted by molar-refractivity contribution is 6.34. The number of ether oxygens (including phenoxy) is 1. The lowest BCUT2D eigenvalue weighted by Gasteiger charge is -2.22. The fourth-order valence-electron chi connectivity index (χ4n) is 3.55. The van der Waals surface area contributed by atoms with E-state index in [1.807, 2.05) is 31.3 Å². The second kappa shape index (κ2) is 9.99. The van der Waals surface area contributed by atoms with Crippen LogP contribution in [0, 0.1) is 6.92 Å². The zero-order valence-corrected chi connectivity index (χ0v) is 18.2. The first-order valence-corrected chi connectivity index (χ1v) is 10.7. The molecule has 1 atom stereocenters. The van der Waals surface area contributed by atoms with Gasteiger partial charge in [0.1, 0.15) is 5.75 Å². The van der Waals surface area contributed by atoms with Crippen molar-refractivity contribution in [3.05, 3.63) is 52.5 Å². The predicted octanol–water partition coefficient (Wildman–Crippen LogP) is 4.88. The van der Waals surface area contributed by atoms with E-state index in [0.717, 1.165) is 49.4 Å². The van der Waals surface area contributed by atoms with Gasteiger partial charge < -0.3 is 20.3 Å². The maximum Gasteiger partial charge on any atom is 0.255 e. The molecule has 156 valence electrons. The Morgan fingerprint density at radius 2 is 2.03 bits per heavy atom. The van der Waals surface area contributed by atoms with Crippen LogP contribution in [0.15, 0.2) is 36.4 Å². The first kappa shape index (κ1) is 21.5. The van der Waals surface area contributed by atoms with Gasteiger partial charge >= 0.3 is 0 Å². The molecule has 0 bridgehead atoms. The Hall–Kier alpha value is -2.24. The average molecular weight is 416 g/mol. The van der Waals surface area contributed by atoms with Crippen molar-refractivity contribution in [3.63, 3.8) is 0 Å². The van der Waals surface area contributed by atoms with Gasteiger partial charge in [0.2, 0.25) is 0 Å². The normalized spacial score (nSPS) is 16.1. The monoisotopic (exact) mass is 415 g/mol. The maximum atomic E-state index is 12.6. The molecule has 2 N–H and O–H groups in total. The molecule has 29 heavy (non-hydrogen) atoms. The first-order valence-electron chi connectivity index (χ1n) is 10.3. The van der Waals surface area contributed by atoms with E-state index in [4.69, 9.17) is 16.3 Å². The van der Waals surface area contributed by atoms with Gasteiger partial charge in [-0.15, -0.1) is 0 Å². The molecular formula is C23H30ClN3O2. The Morgan fingerprint density at radius 3 is 2.69 bits per heavy atom. The molecule has 1 fully saturated rings. The molecule has 0 radical (unpaired) electrons. The SMILES string of the molecule is CCCCOc1ccc(C(=O)Nc2cc(C)c(N3CCC(NC)C3)cc2Cl)cc1. The van der Waals surface area contributed by atoms with Crippen LogP contribution in [0.5, 0.6) is 5.75 Å². The Morgan fingerprint density at radius 1 is 1.28 bits per heavy atom. The number of benzene rings is 2. The topological polar surface area (TPSA) is 53.6 Å². The minimum absolute atomic E-state index is 0.185. The molecule has 0 saturated carbocycles. The summed E-state index contributed by atoms with van der Waals surface area (Å²) >= 11 is 6.50. The van der Waals surface area contributed by atoms with Crippen LogP contribution in [0.25, 0.3) is 0 Å². The van der Waals surface area contributed by atoms with Crippen LogP contribution < -0.4 is 20.3 Å². The molecule has 0 aromatic heterocycles. The highest BCUT2D eigenvalue weighted by atomic mass is 35.5. The summed E-state index contributed by atoms with van der Waals surface area (Å²) in [5.74, 6) is 0.592. The third-order valence-electron chi connectivity index (χ3n) is 5.35. The predicted molar refractivity (Wildman–Crippen MR) is 121 cm³/mol. The number of nitrogens with one attached hydrogen (secondary N) is 2. The zero-order valence-electron chi connectivity index (χ0n) is 17.4. The number of aryl methyl sites for hydroxylation is 1. The molecule has 1 unspecified atom stereocenters. The van der Waals surface area contributed by atoms with Gasteiger partial charge in [0.15, 0.2) is 0 Å². The van der Waals surface area contributed by atoms with Crippen molar-refractivity contribution in [2.45, 2.75) is 39.2 Å². The van der Waals surface area contributed by atoms with E-state index in [-0.39, 0.29) is 5.91 Å². The second-order valence-electron chi connectivity index (χ2n) is 7.52. The maximum absolute atomic E-state index is 12.6. The molecule has 1 heterocycles. The summed E-state index contributed by atoms with van der Waals surface area (Å²) in [7, 11) is 2.00. The van der Waals surface area contributed by atoms with Gasteiger partial charge in [-0.05, 0) is 68.8 Å². The van der Waals surface area contributed by atoms with Gasteiger partial charge in [-0.3, -0.25) is 4.79 Å². The van der Waals surface area contributed by atoms with Crippen molar-refractivity contribution in [2.24, 2.45) is 0 Å². The van der Waals surface area contributed by atoms with Crippen LogP contribution in [0.2, 0.25) is 5.02 Å². The van der Waals surface area contributed by atoms with E-state index < -0.39 is 0 Å². The van der Waals surface area contributed by atoms with Gasteiger partial charge in [0.25, 0.3) is 5.91 Å². The molecular weight excluding hydrogens is 386 g/mol. The second-order valence-corrected chi connectivity index (χ2v) is 7.93. The number of carbonyl (C=O) groups is 1. The van der Waals surface area contributed by atoms with Crippen molar-refractivity contribution in [3.8, 4) is 5.75 Å². The summed E-state index contributed by atoms with van der Waals surface area (Å²) in [6.45, 7) is 6.83. The van der Waals surface area contributed by atoms with E-state index in [9.17, 15) is 4.79 Å². The molecule has 0 aliphatic carbocycles. The highest BCUT2D eigenvalue weighted by Gasteiger charge is 2.23. The number of carbonyl (C=O) groups excluding carboxylic acids is 1. The number of anilines is 2. The van der Waals surface area contributed by atoms with E-state index in [0.29, 0.717) is 28.9 Å². The molecule has 2 aromatic rings. The van der Waals surface area contributed by atoms with Crippen LogP contribution in [0.4, 0.5) is 11.4 Å². The molecule has 2 aromatic carbocycles.